The topological polar surface area (TPSA) is 94.8 Å². The van der Waals surface area contributed by atoms with Gasteiger partial charge in [-0.3, -0.25) is 4.79 Å². The zero-order valence-electron chi connectivity index (χ0n) is 16.7. The van der Waals surface area contributed by atoms with Crippen molar-refractivity contribution in [2.24, 2.45) is 5.92 Å². The zero-order chi connectivity index (χ0) is 22.7. The number of carbonyl (C=O) groups excluding carboxylic acids is 1. The molecule has 0 radical (unpaired) electrons. The van der Waals surface area contributed by atoms with Crippen LogP contribution in [0.2, 0.25) is 10.0 Å². The highest BCUT2D eigenvalue weighted by Gasteiger charge is 2.36. The van der Waals surface area contributed by atoms with Crippen LogP contribution in [0.5, 0.6) is 0 Å². The summed E-state index contributed by atoms with van der Waals surface area (Å²) in [5.74, 6) is -0.393. The van der Waals surface area contributed by atoms with Crippen molar-refractivity contribution in [2.45, 2.75) is 5.92 Å². The summed E-state index contributed by atoms with van der Waals surface area (Å²) in [7, 11) is 0. The Morgan fingerprint density at radius 1 is 1.12 bits per heavy atom. The molecule has 0 spiro atoms. The van der Waals surface area contributed by atoms with E-state index in [1.807, 2.05) is 18.2 Å². The number of nitriles is 1. The molecule has 3 aromatic rings. The van der Waals surface area contributed by atoms with Crippen LogP contribution >= 0.6 is 23.2 Å². The van der Waals surface area contributed by atoms with Gasteiger partial charge in [0.1, 0.15) is 11.8 Å². The lowest BCUT2D eigenvalue weighted by atomic mass is 9.89. The van der Waals surface area contributed by atoms with Crippen molar-refractivity contribution in [3.05, 3.63) is 81.6 Å². The number of nitrogens with zero attached hydrogens (tertiary/aromatic N) is 5. The zero-order valence-corrected chi connectivity index (χ0v) is 18.2. The number of hydrogen-bond donors (Lipinski definition) is 1. The molecule has 3 heterocycles. The molecule has 1 aliphatic rings. The minimum absolute atomic E-state index is 0.0104. The van der Waals surface area contributed by atoms with Crippen molar-refractivity contribution < 1.29 is 9.18 Å². The normalized spacial score (nSPS) is 17.8. The molecule has 1 fully saturated rings. The van der Waals surface area contributed by atoms with E-state index in [0.717, 1.165) is 18.0 Å². The number of aromatic nitrogens is 3. The van der Waals surface area contributed by atoms with E-state index in [9.17, 15) is 9.18 Å². The smallest absolute Gasteiger partial charge is 0.255 e. The van der Waals surface area contributed by atoms with Gasteiger partial charge >= 0.3 is 0 Å². The molecule has 0 saturated carbocycles. The van der Waals surface area contributed by atoms with Gasteiger partial charge in [0.2, 0.25) is 5.95 Å². The number of benzene rings is 1. The first kappa shape index (κ1) is 21.9. The van der Waals surface area contributed by atoms with Gasteiger partial charge in [-0.1, -0.05) is 29.3 Å². The van der Waals surface area contributed by atoms with E-state index < -0.39 is 5.82 Å². The minimum atomic E-state index is -0.516. The summed E-state index contributed by atoms with van der Waals surface area (Å²) in [4.78, 5) is 26.7. The number of rotatable bonds is 5. The minimum Gasteiger partial charge on any atom is -0.354 e. The largest absolute Gasteiger partial charge is 0.354 e. The van der Waals surface area contributed by atoms with Crippen LogP contribution in [0.15, 0.2) is 48.9 Å². The number of anilines is 1. The summed E-state index contributed by atoms with van der Waals surface area (Å²) >= 11 is 12.3. The van der Waals surface area contributed by atoms with E-state index in [1.165, 1.54) is 12.3 Å². The first-order valence-electron chi connectivity index (χ1n) is 9.76. The van der Waals surface area contributed by atoms with Gasteiger partial charge in [-0.2, -0.15) is 5.26 Å². The molecule has 2 atom stereocenters. The van der Waals surface area contributed by atoms with Gasteiger partial charge in [0.15, 0.2) is 5.82 Å². The Balaban J connectivity index is 1.56. The fraction of sp³-hybridized carbons (Fsp3) is 0.227. The van der Waals surface area contributed by atoms with E-state index >= 15 is 0 Å². The monoisotopic (exact) mass is 470 g/mol. The van der Waals surface area contributed by atoms with Gasteiger partial charge in [-0.25, -0.2) is 19.3 Å². The van der Waals surface area contributed by atoms with Crippen LogP contribution in [0, 0.1) is 23.1 Å². The van der Waals surface area contributed by atoms with Crippen LogP contribution in [0.25, 0.3) is 0 Å². The molecule has 4 rings (SSSR count). The summed E-state index contributed by atoms with van der Waals surface area (Å²) < 4.78 is 13.1. The number of carbonyl (C=O) groups is 1. The van der Waals surface area contributed by atoms with Crippen LogP contribution < -0.4 is 5.32 Å². The number of amides is 1. The third-order valence-corrected chi connectivity index (χ3v) is 6.11. The molecule has 2 aromatic heterocycles. The SMILES string of the molecule is N#Cc1ccc(C(=O)N2C[C@H](CNc3ncc(F)cn3)[C@@H](c3ccc(Cl)c(Cl)c3)C2)cn1. The molecule has 32 heavy (non-hydrogen) atoms. The van der Waals surface area contributed by atoms with E-state index in [4.69, 9.17) is 28.5 Å². The Morgan fingerprint density at radius 2 is 1.91 bits per heavy atom. The van der Waals surface area contributed by atoms with E-state index in [1.54, 1.807) is 17.0 Å². The molecule has 1 amide bonds. The Hall–Kier alpha value is -3.28. The fourth-order valence-electron chi connectivity index (χ4n) is 3.76. The molecule has 1 aromatic carbocycles. The second-order valence-electron chi connectivity index (χ2n) is 7.40. The summed E-state index contributed by atoms with van der Waals surface area (Å²) in [5, 5.41) is 12.9. The molecule has 1 saturated heterocycles. The molecule has 0 unspecified atom stereocenters. The quantitative estimate of drug-likeness (QED) is 0.601. The fourth-order valence-corrected chi connectivity index (χ4v) is 4.07. The second kappa shape index (κ2) is 9.47. The third kappa shape index (κ3) is 4.79. The Kier molecular flexibility index (Phi) is 6.49. The van der Waals surface area contributed by atoms with Gasteiger partial charge in [-0.05, 0) is 29.8 Å². The molecule has 1 N–H and O–H groups in total. The maximum atomic E-state index is 13.1. The molecule has 7 nitrogen and oxygen atoms in total. The average molecular weight is 471 g/mol. The average Bonchev–Trinajstić information content (AvgIpc) is 3.24. The van der Waals surface area contributed by atoms with Crippen molar-refractivity contribution in [3.63, 3.8) is 0 Å². The number of pyridine rings is 1. The Morgan fingerprint density at radius 3 is 2.56 bits per heavy atom. The van der Waals surface area contributed by atoms with E-state index in [2.05, 4.69) is 20.3 Å². The number of halogens is 3. The second-order valence-corrected chi connectivity index (χ2v) is 8.21. The highest BCUT2D eigenvalue weighted by atomic mass is 35.5. The summed E-state index contributed by atoms with van der Waals surface area (Å²) in [5.41, 5.74) is 1.62. The van der Waals surface area contributed by atoms with Crippen molar-refractivity contribution in [3.8, 4) is 6.07 Å². The lowest BCUT2D eigenvalue weighted by molar-refractivity contribution is 0.0786. The van der Waals surface area contributed by atoms with Crippen molar-refractivity contribution in [1.29, 1.82) is 5.26 Å². The van der Waals surface area contributed by atoms with Crippen LogP contribution in [-0.4, -0.2) is 45.4 Å². The van der Waals surface area contributed by atoms with Crippen LogP contribution in [0.3, 0.4) is 0 Å². The lowest BCUT2D eigenvalue weighted by Crippen LogP contribution is -2.30. The first-order chi connectivity index (χ1) is 15.4. The Labute approximate surface area is 193 Å². The van der Waals surface area contributed by atoms with Crippen LogP contribution in [0.1, 0.15) is 27.5 Å². The first-order valence-corrected chi connectivity index (χ1v) is 10.5. The molecular weight excluding hydrogens is 454 g/mol. The lowest BCUT2D eigenvalue weighted by Gasteiger charge is -2.19. The highest BCUT2D eigenvalue weighted by Crippen LogP contribution is 2.36. The number of likely N-dealkylation sites (tertiary alicyclic amines) is 1. The predicted molar refractivity (Wildman–Crippen MR) is 118 cm³/mol. The van der Waals surface area contributed by atoms with E-state index in [0.29, 0.717) is 41.2 Å². The van der Waals surface area contributed by atoms with Crippen molar-refractivity contribution in [1.82, 2.24) is 19.9 Å². The van der Waals surface area contributed by atoms with Gasteiger partial charge in [-0.15, -0.1) is 0 Å². The van der Waals surface area contributed by atoms with Gasteiger partial charge < -0.3 is 10.2 Å². The van der Waals surface area contributed by atoms with Gasteiger partial charge in [0, 0.05) is 37.7 Å². The predicted octanol–water partition coefficient (Wildman–Crippen LogP) is 4.16. The van der Waals surface area contributed by atoms with Crippen molar-refractivity contribution in [2.75, 3.05) is 25.0 Å². The number of hydrogen-bond acceptors (Lipinski definition) is 6. The number of nitrogens with one attached hydrogen (secondary N) is 1. The standard InChI is InChI=1S/C22H17Cl2FN6O/c23-19-4-2-13(5-20(19)24)18-12-31(21(32)14-1-3-17(6-26)27-7-14)11-15(18)8-28-22-29-9-16(25)10-30-22/h1-5,7,9-10,15,18H,8,11-12H2,(H,28,29,30)/t15-,18+/m0/s1. The third-order valence-electron chi connectivity index (χ3n) is 5.37. The van der Waals surface area contributed by atoms with Crippen LogP contribution in [-0.2, 0) is 0 Å². The molecule has 1 aliphatic heterocycles. The molecule has 162 valence electrons. The molecular formula is C22H17Cl2FN6O. The van der Waals surface area contributed by atoms with Crippen LogP contribution in [0.4, 0.5) is 10.3 Å². The summed E-state index contributed by atoms with van der Waals surface area (Å²) in [6.07, 6.45) is 3.59. The van der Waals surface area contributed by atoms with Gasteiger partial charge in [0.05, 0.1) is 28.0 Å². The summed E-state index contributed by atoms with van der Waals surface area (Å²) in [6, 6.07) is 10.5. The molecule has 0 bridgehead atoms. The van der Waals surface area contributed by atoms with Crippen molar-refractivity contribution >= 4 is 35.1 Å². The molecule has 0 aliphatic carbocycles. The van der Waals surface area contributed by atoms with E-state index in [-0.39, 0.29) is 23.4 Å². The summed E-state index contributed by atoms with van der Waals surface area (Å²) in [6.45, 7) is 1.40. The maximum absolute atomic E-state index is 13.1. The highest BCUT2D eigenvalue weighted by molar-refractivity contribution is 6.42. The molecule has 10 heteroatoms. The maximum Gasteiger partial charge on any atom is 0.255 e. The van der Waals surface area contributed by atoms with Gasteiger partial charge in [0.25, 0.3) is 5.91 Å². The Bertz CT molecular complexity index is 1170.